The largest absolute Gasteiger partial charge is 0.467 e. The molecule has 19 heavy (non-hydrogen) atoms. The number of pyridine rings is 1. The number of morpholine rings is 1. The first kappa shape index (κ1) is 13.4. The highest BCUT2D eigenvalue weighted by atomic mass is 19.1. The van der Waals surface area contributed by atoms with Crippen LogP contribution in [0.2, 0.25) is 0 Å². The number of halogens is 1. The smallest absolute Gasteiger partial charge is 0.336 e. The van der Waals surface area contributed by atoms with Gasteiger partial charge in [0, 0.05) is 12.7 Å². The lowest BCUT2D eigenvalue weighted by molar-refractivity contribution is -0.158. The molecule has 102 valence electrons. The Morgan fingerprint density at radius 3 is 3.05 bits per heavy atom. The maximum atomic E-state index is 13.5. The normalized spacial score (nSPS) is 19.1. The summed E-state index contributed by atoms with van der Waals surface area (Å²) in [4.78, 5) is 28.4. The summed E-state index contributed by atoms with van der Waals surface area (Å²) in [5.41, 5.74) is -0.0690. The fraction of sp³-hybridized carbons (Fsp3) is 0.417. The summed E-state index contributed by atoms with van der Waals surface area (Å²) < 4.78 is 23.2. The molecule has 2 heterocycles. The molecule has 1 saturated heterocycles. The topological polar surface area (TPSA) is 68.7 Å². The van der Waals surface area contributed by atoms with Crippen molar-refractivity contribution in [2.45, 2.75) is 6.10 Å². The standard InChI is InChI=1S/C12H13FN2O4/c1-18-12(17)10-7-15(4-5-19-10)11(16)8-2-3-14-6-9(8)13/h2-3,6,10H,4-5,7H2,1H3. The van der Waals surface area contributed by atoms with Gasteiger partial charge in [-0.1, -0.05) is 0 Å². The van der Waals surface area contributed by atoms with Gasteiger partial charge < -0.3 is 14.4 Å². The predicted molar refractivity (Wildman–Crippen MR) is 61.9 cm³/mol. The number of methoxy groups -OCH3 is 1. The van der Waals surface area contributed by atoms with Gasteiger partial charge in [0.1, 0.15) is 0 Å². The average molecular weight is 268 g/mol. The first-order valence-electron chi connectivity index (χ1n) is 5.71. The summed E-state index contributed by atoms with van der Waals surface area (Å²) in [5, 5.41) is 0. The van der Waals surface area contributed by atoms with Gasteiger partial charge in [-0.05, 0) is 6.07 Å². The Labute approximate surface area is 109 Å². The van der Waals surface area contributed by atoms with E-state index in [0.717, 1.165) is 6.20 Å². The lowest BCUT2D eigenvalue weighted by atomic mass is 10.2. The van der Waals surface area contributed by atoms with Gasteiger partial charge in [0.05, 0.1) is 32.0 Å². The number of amides is 1. The van der Waals surface area contributed by atoms with Crippen molar-refractivity contribution >= 4 is 11.9 Å². The molecule has 0 N–H and O–H groups in total. The van der Waals surface area contributed by atoms with Crippen molar-refractivity contribution in [3.8, 4) is 0 Å². The molecule has 1 atom stereocenters. The number of ether oxygens (including phenoxy) is 2. The fourth-order valence-electron chi connectivity index (χ4n) is 1.83. The summed E-state index contributed by atoms with van der Waals surface area (Å²) in [6, 6.07) is 1.31. The number of rotatable bonds is 2. The molecule has 1 aliphatic rings. The molecule has 2 rings (SSSR count). The van der Waals surface area contributed by atoms with E-state index in [2.05, 4.69) is 9.72 Å². The molecule has 0 bridgehead atoms. The molecular weight excluding hydrogens is 255 g/mol. The van der Waals surface area contributed by atoms with E-state index in [0.29, 0.717) is 6.54 Å². The van der Waals surface area contributed by atoms with E-state index < -0.39 is 23.8 Å². The molecule has 0 saturated carbocycles. The Bertz CT molecular complexity index is 494. The third-order valence-corrected chi connectivity index (χ3v) is 2.82. The SMILES string of the molecule is COC(=O)C1CN(C(=O)c2ccncc2F)CCO1. The van der Waals surface area contributed by atoms with Gasteiger partial charge in [-0.3, -0.25) is 9.78 Å². The third-order valence-electron chi connectivity index (χ3n) is 2.82. The second kappa shape index (κ2) is 5.75. The molecule has 0 aliphatic carbocycles. The zero-order chi connectivity index (χ0) is 13.8. The van der Waals surface area contributed by atoms with E-state index in [1.54, 1.807) is 0 Å². The van der Waals surface area contributed by atoms with Crippen LogP contribution in [-0.2, 0) is 14.3 Å². The van der Waals surface area contributed by atoms with Crippen molar-refractivity contribution in [2.75, 3.05) is 26.8 Å². The van der Waals surface area contributed by atoms with Crippen molar-refractivity contribution in [3.63, 3.8) is 0 Å². The summed E-state index contributed by atoms with van der Waals surface area (Å²) in [6.07, 6.45) is 1.49. The maximum Gasteiger partial charge on any atom is 0.336 e. The summed E-state index contributed by atoms with van der Waals surface area (Å²) in [5.74, 6) is -1.72. The van der Waals surface area contributed by atoms with E-state index in [9.17, 15) is 14.0 Å². The van der Waals surface area contributed by atoms with Gasteiger partial charge in [0.15, 0.2) is 11.9 Å². The summed E-state index contributed by atoms with van der Waals surface area (Å²) in [7, 11) is 1.25. The van der Waals surface area contributed by atoms with Crippen molar-refractivity contribution in [1.29, 1.82) is 0 Å². The van der Waals surface area contributed by atoms with Gasteiger partial charge in [-0.15, -0.1) is 0 Å². The lowest BCUT2D eigenvalue weighted by Gasteiger charge is -2.31. The fourth-order valence-corrected chi connectivity index (χ4v) is 1.83. The number of carbonyl (C=O) groups excluding carboxylic acids is 2. The van der Waals surface area contributed by atoms with Crippen LogP contribution in [0.25, 0.3) is 0 Å². The molecule has 1 aliphatic heterocycles. The van der Waals surface area contributed by atoms with Crippen LogP contribution in [0.3, 0.4) is 0 Å². The Hall–Kier alpha value is -2.02. The van der Waals surface area contributed by atoms with Crippen molar-refractivity contribution in [3.05, 3.63) is 29.8 Å². The van der Waals surface area contributed by atoms with Crippen LogP contribution in [0.5, 0.6) is 0 Å². The second-order valence-electron chi connectivity index (χ2n) is 3.99. The number of hydrogen-bond donors (Lipinski definition) is 0. The molecule has 1 amide bonds. The van der Waals surface area contributed by atoms with Gasteiger partial charge in [-0.25, -0.2) is 9.18 Å². The Kier molecular flexibility index (Phi) is 4.06. The number of esters is 1. The van der Waals surface area contributed by atoms with E-state index >= 15 is 0 Å². The van der Waals surface area contributed by atoms with Crippen LogP contribution in [-0.4, -0.2) is 54.7 Å². The van der Waals surface area contributed by atoms with Crippen LogP contribution < -0.4 is 0 Å². The zero-order valence-corrected chi connectivity index (χ0v) is 10.3. The lowest BCUT2D eigenvalue weighted by Crippen LogP contribution is -2.49. The zero-order valence-electron chi connectivity index (χ0n) is 10.3. The minimum atomic E-state index is -0.826. The van der Waals surface area contributed by atoms with E-state index in [4.69, 9.17) is 4.74 Å². The quantitative estimate of drug-likeness (QED) is 0.718. The number of carbonyl (C=O) groups is 2. The Balaban J connectivity index is 2.11. The second-order valence-corrected chi connectivity index (χ2v) is 3.99. The van der Waals surface area contributed by atoms with Crippen molar-refractivity contribution in [2.24, 2.45) is 0 Å². The van der Waals surface area contributed by atoms with Crippen molar-refractivity contribution < 1.29 is 23.5 Å². The van der Waals surface area contributed by atoms with E-state index in [1.807, 2.05) is 0 Å². The monoisotopic (exact) mass is 268 g/mol. The minimum Gasteiger partial charge on any atom is -0.467 e. The molecule has 1 aromatic heterocycles. The molecule has 1 unspecified atom stereocenters. The predicted octanol–water partition coefficient (Wildman–Crippen LogP) is 0.235. The Morgan fingerprint density at radius 2 is 2.37 bits per heavy atom. The molecule has 6 nitrogen and oxygen atoms in total. The number of nitrogens with zero attached hydrogens (tertiary/aromatic N) is 2. The average Bonchev–Trinajstić information content (AvgIpc) is 2.46. The highest BCUT2D eigenvalue weighted by molar-refractivity contribution is 5.94. The van der Waals surface area contributed by atoms with Crippen LogP contribution in [0.1, 0.15) is 10.4 Å². The first-order chi connectivity index (χ1) is 9.13. The summed E-state index contributed by atoms with van der Waals surface area (Å²) in [6.45, 7) is 0.555. The molecular formula is C12H13FN2O4. The number of aromatic nitrogens is 1. The van der Waals surface area contributed by atoms with Crippen LogP contribution >= 0.6 is 0 Å². The highest BCUT2D eigenvalue weighted by Gasteiger charge is 2.31. The van der Waals surface area contributed by atoms with E-state index in [-0.39, 0.29) is 18.7 Å². The van der Waals surface area contributed by atoms with Gasteiger partial charge in [-0.2, -0.15) is 0 Å². The molecule has 0 spiro atoms. The first-order valence-corrected chi connectivity index (χ1v) is 5.71. The third kappa shape index (κ3) is 2.87. The van der Waals surface area contributed by atoms with Crippen LogP contribution in [0, 0.1) is 5.82 Å². The van der Waals surface area contributed by atoms with Crippen LogP contribution in [0.4, 0.5) is 4.39 Å². The molecule has 1 fully saturated rings. The molecule has 1 aromatic rings. The number of hydrogen-bond acceptors (Lipinski definition) is 5. The van der Waals surface area contributed by atoms with Crippen LogP contribution in [0.15, 0.2) is 18.5 Å². The molecule has 0 aromatic carbocycles. The van der Waals surface area contributed by atoms with Gasteiger partial charge in [0.25, 0.3) is 5.91 Å². The van der Waals surface area contributed by atoms with Gasteiger partial charge >= 0.3 is 5.97 Å². The van der Waals surface area contributed by atoms with Gasteiger partial charge in [0.2, 0.25) is 0 Å². The maximum absolute atomic E-state index is 13.5. The minimum absolute atomic E-state index is 0.0489. The van der Waals surface area contributed by atoms with E-state index in [1.165, 1.54) is 24.3 Å². The highest BCUT2D eigenvalue weighted by Crippen LogP contribution is 2.13. The van der Waals surface area contributed by atoms with Crippen molar-refractivity contribution in [1.82, 2.24) is 9.88 Å². The molecule has 7 heteroatoms. The summed E-state index contributed by atoms with van der Waals surface area (Å²) >= 11 is 0. The Morgan fingerprint density at radius 1 is 1.58 bits per heavy atom. The molecule has 0 radical (unpaired) electrons.